The summed E-state index contributed by atoms with van der Waals surface area (Å²) in [5.74, 6) is -0.356. The van der Waals surface area contributed by atoms with Crippen molar-refractivity contribution in [1.82, 2.24) is 0 Å². The molecule has 4 nitrogen and oxygen atoms in total. The molecule has 1 fully saturated rings. The van der Waals surface area contributed by atoms with Gasteiger partial charge in [-0.25, -0.2) is 4.79 Å². The molecule has 1 N–H and O–H groups in total. The highest BCUT2D eigenvalue weighted by Crippen LogP contribution is 2.44. The highest BCUT2D eigenvalue weighted by molar-refractivity contribution is 6.74. The number of fused-ring (bicyclic) bond motifs is 2. The van der Waals surface area contributed by atoms with Gasteiger partial charge in [0.1, 0.15) is 12.2 Å². The number of carbonyl (C=O) groups is 1. The van der Waals surface area contributed by atoms with Crippen molar-refractivity contribution in [3.05, 3.63) is 12.2 Å². The van der Waals surface area contributed by atoms with Gasteiger partial charge in [0.25, 0.3) is 0 Å². The van der Waals surface area contributed by atoms with E-state index in [9.17, 15) is 9.90 Å². The minimum Gasteiger partial charge on any atom is -0.457 e. The van der Waals surface area contributed by atoms with Crippen molar-refractivity contribution in [2.75, 3.05) is 0 Å². The van der Waals surface area contributed by atoms with Crippen molar-refractivity contribution < 1.29 is 19.1 Å². The Morgan fingerprint density at radius 1 is 1.50 bits per heavy atom. The molecule has 3 atom stereocenters. The van der Waals surface area contributed by atoms with E-state index in [-0.39, 0.29) is 11.0 Å². The molecule has 0 unspecified atom stereocenters. The molecule has 0 aromatic carbocycles. The third-order valence-corrected chi connectivity index (χ3v) is 8.78. The van der Waals surface area contributed by atoms with Crippen LogP contribution in [0.3, 0.4) is 0 Å². The molecule has 18 heavy (non-hydrogen) atoms. The molecule has 5 heteroatoms. The summed E-state index contributed by atoms with van der Waals surface area (Å²) in [4.78, 5) is 12.0. The van der Waals surface area contributed by atoms with E-state index in [0.29, 0.717) is 6.42 Å². The maximum absolute atomic E-state index is 12.0. The zero-order valence-corrected chi connectivity index (χ0v) is 12.7. The number of hydrogen-bond donors (Lipinski definition) is 1. The van der Waals surface area contributed by atoms with Crippen molar-refractivity contribution in [3.63, 3.8) is 0 Å². The molecular formula is C13H22O4Si. The fraction of sp³-hybridized carbons (Fsp3) is 0.769. The molecule has 102 valence electrons. The summed E-state index contributed by atoms with van der Waals surface area (Å²) in [6.45, 7) is 10.6. The molecule has 0 radical (unpaired) electrons. The summed E-state index contributed by atoms with van der Waals surface area (Å²) in [6, 6.07) is 0. The molecule has 2 aliphatic rings. The van der Waals surface area contributed by atoms with Crippen LogP contribution in [-0.4, -0.2) is 37.2 Å². The van der Waals surface area contributed by atoms with E-state index in [1.54, 1.807) is 12.2 Å². The fourth-order valence-electron chi connectivity index (χ4n) is 2.09. The van der Waals surface area contributed by atoms with E-state index in [1.165, 1.54) is 0 Å². The Morgan fingerprint density at radius 3 is 2.67 bits per heavy atom. The van der Waals surface area contributed by atoms with Gasteiger partial charge in [-0.15, -0.1) is 0 Å². The number of esters is 1. The summed E-state index contributed by atoms with van der Waals surface area (Å²) < 4.78 is 11.5. The van der Waals surface area contributed by atoms with Gasteiger partial charge >= 0.3 is 5.97 Å². The monoisotopic (exact) mass is 270 g/mol. The first-order valence-corrected chi connectivity index (χ1v) is 9.27. The van der Waals surface area contributed by atoms with Crippen LogP contribution < -0.4 is 0 Å². The molecule has 2 rings (SSSR count). The summed E-state index contributed by atoms with van der Waals surface area (Å²) >= 11 is 0. The molecule has 1 saturated heterocycles. The lowest BCUT2D eigenvalue weighted by Gasteiger charge is -2.41. The van der Waals surface area contributed by atoms with E-state index >= 15 is 0 Å². The van der Waals surface area contributed by atoms with Gasteiger partial charge in [-0.3, -0.25) is 0 Å². The van der Waals surface area contributed by atoms with Crippen LogP contribution in [-0.2, 0) is 14.0 Å². The average Bonchev–Trinajstić information content (AvgIpc) is 2.45. The van der Waals surface area contributed by atoms with Crippen LogP contribution in [0.5, 0.6) is 0 Å². The topological polar surface area (TPSA) is 55.8 Å². The van der Waals surface area contributed by atoms with Crippen LogP contribution >= 0.6 is 0 Å². The van der Waals surface area contributed by atoms with E-state index in [4.69, 9.17) is 9.16 Å². The second-order valence-electron chi connectivity index (χ2n) is 6.75. The van der Waals surface area contributed by atoms with Crippen LogP contribution in [0.1, 0.15) is 27.2 Å². The first-order valence-electron chi connectivity index (χ1n) is 6.36. The van der Waals surface area contributed by atoms with Crippen LogP contribution in [0, 0.1) is 0 Å². The number of rotatable bonds is 2. The molecule has 1 heterocycles. The number of hydrogen-bond acceptors (Lipinski definition) is 4. The maximum Gasteiger partial charge on any atom is 0.341 e. The molecule has 0 spiro atoms. The average molecular weight is 270 g/mol. The van der Waals surface area contributed by atoms with Crippen molar-refractivity contribution in [2.24, 2.45) is 0 Å². The third kappa shape index (κ3) is 2.04. The smallest absolute Gasteiger partial charge is 0.341 e. The normalized spacial score (nSPS) is 35.8. The number of aliphatic hydroxyl groups excluding tert-OH is 1. The second kappa shape index (κ2) is 3.92. The summed E-state index contributed by atoms with van der Waals surface area (Å²) in [7, 11) is -2.06. The highest BCUT2D eigenvalue weighted by Gasteiger charge is 2.56. The SMILES string of the molecule is CC(C)(C)[Si](C)(C)O[C@@]12C=C[C@@H](O)[C@@H](C1)OC2=O. The van der Waals surface area contributed by atoms with Gasteiger partial charge in [0.2, 0.25) is 0 Å². The summed E-state index contributed by atoms with van der Waals surface area (Å²) in [5, 5.41) is 9.71. The predicted octanol–water partition coefficient (Wildman–Crippen LogP) is 1.99. The molecular weight excluding hydrogens is 248 g/mol. The number of carbonyl (C=O) groups excluding carboxylic acids is 1. The van der Waals surface area contributed by atoms with Gasteiger partial charge in [0.15, 0.2) is 13.9 Å². The van der Waals surface area contributed by atoms with E-state index < -0.39 is 26.1 Å². The van der Waals surface area contributed by atoms with Crippen LogP contribution in [0.25, 0.3) is 0 Å². The molecule has 0 amide bonds. The van der Waals surface area contributed by atoms with E-state index in [0.717, 1.165) is 0 Å². The zero-order chi connectivity index (χ0) is 13.8. The quantitative estimate of drug-likeness (QED) is 0.474. The standard InChI is InChI=1S/C13H22O4Si/c1-12(2,3)18(4,5)17-13-7-6-9(14)10(8-13)16-11(13)15/h6-7,9-10,14H,8H2,1-5H3/t9-,10-,13+/m1/s1. The Morgan fingerprint density at radius 2 is 2.11 bits per heavy atom. The van der Waals surface area contributed by atoms with Crippen molar-refractivity contribution in [3.8, 4) is 0 Å². The molecule has 1 aliphatic heterocycles. The van der Waals surface area contributed by atoms with Gasteiger partial charge in [0, 0.05) is 6.42 Å². The van der Waals surface area contributed by atoms with Crippen molar-refractivity contribution in [2.45, 2.75) is 63.1 Å². The zero-order valence-electron chi connectivity index (χ0n) is 11.7. The van der Waals surface area contributed by atoms with Gasteiger partial charge in [-0.2, -0.15) is 0 Å². The van der Waals surface area contributed by atoms with E-state index in [1.807, 2.05) is 0 Å². The van der Waals surface area contributed by atoms with Crippen LogP contribution in [0.4, 0.5) is 0 Å². The Kier molecular flexibility index (Phi) is 3.00. The molecule has 0 aromatic rings. The minimum atomic E-state index is -2.06. The lowest BCUT2D eigenvalue weighted by Crippen LogP contribution is -2.52. The van der Waals surface area contributed by atoms with Crippen LogP contribution in [0.2, 0.25) is 18.1 Å². The van der Waals surface area contributed by atoms with Gasteiger partial charge in [-0.05, 0) is 24.2 Å². The summed E-state index contributed by atoms with van der Waals surface area (Å²) in [6.07, 6.45) is 2.58. The third-order valence-electron chi connectivity index (χ3n) is 4.30. The fourth-order valence-corrected chi connectivity index (χ4v) is 3.54. The Balaban J connectivity index is 2.28. The number of ether oxygens (including phenoxy) is 1. The van der Waals surface area contributed by atoms with Gasteiger partial charge in [-0.1, -0.05) is 26.8 Å². The molecule has 0 aromatic heterocycles. The van der Waals surface area contributed by atoms with Crippen molar-refractivity contribution in [1.29, 1.82) is 0 Å². The maximum atomic E-state index is 12.0. The summed E-state index contributed by atoms with van der Waals surface area (Å²) in [5.41, 5.74) is -0.965. The molecule has 0 saturated carbocycles. The first kappa shape index (κ1) is 13.8. The Labute approximate surface area is 109 Å². The van der Waals surface area contributed by atoms with Crippen LogP contribution in [0.15, 0.2) is 12.2 Å². The van der Waals surface area contributed by atoms with Gasteiger partial charge < -0.3 is 14.3 Å². The molecule has 1 aliphatic carbocycles. The predicted molar refractivity (Wildman–Crippen MR) is 70.7 cm³/mol. The first-order chi connectivity index (χ1) is 8.07. The second-order valence-corrected chi connectivity index (χ2v) is 11.5. The van der Waals surface area contributed by atoms with Gasteiger partial charge in [0.05, 0.1) is 0 Å². The molecule has 2 bridgehead atoms. The number of aliphatic hydroxyl groups is 1. The largest absolute Gasteiger partial charge is 0.457 e. The highest BCUT2D eigenvalue weighted by atomic mass is 28.4. The Hall–Kier alpha value is -0.653. The lowest BCUT2D eigenvalue weighted by atomic mass is 9.91. The minimum absolute atomic E-state index is 0.0318. The lowest BCUT2D eigenvalue weighted by molar-refractivity contribution is -0.151. The van der Waals surface area contributed by atoms with Crippen molar-refractivity contribution >= 4 is 14.3 Å². The van der Waals surface area contributed by atoms with E-state index in [2.05, 4.69) is 33.9 Å². The Bertz CT molecular complexity index is 396.